The monoisotopic (exact) mass is 414 g/mol. The van der Waals surface area contributed by atoms with Crippen LogP contribution in [0.15, 0.2) is 0 Å². The maximum Gasteiger partial charge on any atom is 0.317 e. The van der Waals surface area contributed by atoms with E-state index in [1.807, 2.05) is 0 Å². The molecule has 160 valence electrons. The average Bonchev–Trinajstić information content (AvgIpc) is 3.48. The van der Waals surface area contributed by atoms with Gasteiger partial charge in [0.1, 0.15) is 12.9 Å². The number of ketones is 1. The van der Waals surface area contributed by atoms with Crippen molar-refractivity contribution in [3.8, 4) is 0 Å². The van der Waals surface area contributed by atoms with E-state index in [0.717, 1.165) is 32.0 Å². The number of esters is 3. The van der Waals surface area contributed by atoms with Crippen molar-refractivity contribution in [3.05, 3.63) is 0 Å². The van der Waals surface area contributed by atoms with Gasteiger partial charge in [0.2, 0.25) is 0 Å². The van der Waals surface area contributed by atoms with E-state index in [2.05, 4.69) is 6.92 Å². The van der Waals surface area contributed by atoms with Crippen LogP contribution < -0.4 is 0 Å². The van der Waals surface area contributed by atoms with Crippen molar-refractivity contribution < 1.29 is 33.4 Å². The summed E-state index contributed by atoms with van der Waals surface area (Å²) in [6.07, 6.45) is 5.64. The Morgan fingerprint density at radius 1 is 0.867 bits per heavy atom. The smallest absolute Gasteiger partial charge is 0.317 e. The summed E-state index contributed by atoms with van der Waals surface area (Å²) in [5.74, 6) is -2.13. The van der Waals surface area contributed by atoms with Crippen LogP contribution in [-0.2, 0) is 33.4 Å². The van der Waals surface area contributed by atoms with E-state index in [0.29, 0.717) is 12.8 Å². The van der Waals surface area contributed by atoms with Gasteiger partial charge in [-0.15, -0.1) is 0 Å². The van der Waals surface area contributed by atoms with Crippen molar-refractivity contribution in [3.63, 3.8) is 0 Å². The molecule has 10 atom stereocenters. The third-order valence-electron chi connectivity index (χ3n) is 9.92. The molecule has 0 aromatic heterocycles. The summed E-state index contributed by atoms with van der Waals surface area (Å²) < 4.78 is 9.99. The molecular formula is C23H26O7. The minimum atomic E-state index is -0.574. The molecule has 6 aliphatic rings. The zero-order valence-electron chi connectivity index (χ0n) is 17.0. The lowest BCUT2D eigenvalue weighted by molar-refractivity contribution is -0.169. The molecule has 7 nitrogen and oxygen atoms in total. The largest absolute Gasteiger partial charge is 0.457 e. The maximum absolute atomic E-state index is 12.6. The predicted octanol–water partition coefficient (Wildman–Crippen LogP) is 1.71. The Balaban J connectivity index is 1.23. The SMILES string of the molecule is CC1(CCC2(C=O)CC3CC2C2C(=O)COC(=O)C32)CC2CC1C1C(=O)OC(=O)C21. The van der Waals surface area contributed by atoms with Crippen molar-refractivity contribution in [1.29, 1.82) is 0 Å². The maximum atomic E-state index is 12.6. The molecule has 2 saturated heterocycles. The van der Waals surface area contributed by atoms with E-state index in [-0.39, 0.29) is 83.1 Å². The number of ether oxygens (including phenoxy) is 2. The van der Waals surface area contributed by atoms with Gasteiger partial charge in [0, 0.05) is 11.3 Å². The quantitative estimate of drug-likeness (QED) is 0.392. The molecule has 7 heteroatoms. The third-order valence-corrected chi connectivity index (χ3v) is 9.92. The van der Waals surface area contributed by atoms with Gasteiger partial charge in [0.05, 0.1) is 17.8 Å². The van der Waals surface area contributed by atoms with E-state index in [1.165, 1.54) is 0 Å². The highest BCUT2D eigenvalue weighted by Crippen LogP contribution is 2.68. The van der Waals surface area contributed by atoms with Crippen molar-refractivity contribution in [2.75, 3.05) is 6.61 Å². The molecule has 4 aliphatic carbocycles. The highest BCUT2D eigenvalue weighted by molar-refractivity contribution is 5.97. The summed E-state index contributed by atoms with van der Waals surface area (Å²) >= 11 is 0. The first-order valence-electron chi connectivity index (χ1n) is 11.2. The number of fused-ring (bicyclic) bond motifs is 10. The molecule has 0 amide bonds. The predicted molar refractivity (Wildman–Crippen MR) is 99.3 cm³/mol. The summed E-state index contributed by atoms with van der Waals surface area (Å²) in [4.78, 5) is 61.5. The number of aldehydes is 1. The minimum absolute atomic E-state index is 0.0424. The topological polar surface area (TPSA) is 104 Å². The normalized spacial score (nSPS) is 53.0. The Kier molecular flexibility index (Phi) is 3.61. The van der Waals surface area contributed by atoms with Crippen molar-refractivity contribution in [2.45, 2.75) is 45.4 Å². The Hall–Kier alpha value is -2.05. The van der Waals surface area contributed by atoms with Gasteiger partial charge in [-0.1, -0.05) is 6.92 Å². The highest BCUT2D eigenvalue weighted by Gasteiger charge is 2.68. The van der Waals surface area contributed by atoms with E-state index >= 15 is 0 Å². The number of carbonyl (C=O) groups excluding carboxylic acids is 5. The molecule has 0 aromatic carbocycles. The Morgan fingerprint density at radius 3 is 2.30 bits per heavy atom. The van der Waals surface area contributed by atoms with Crippen LogP contribution >= 0.6 is 0 Å². The van der Waals surface area contributed by atoms with Crippen molar-refractivity contribution >= 4 is 30.0 Å². The summed E-state index contributed by atoms with van der Waals surface area (Å²) in [6.45, 7) is 2.01. The lowest BCUT2D eigenvalue weighted by Crippen LogP contribution is -2.49. The molecule has 4 saturated carbocycles. The molecule has 6 rings (SSSR count). The molecule has 0 radical (unpaired) electrons. The van der Waals surface area contributed by atoms with Crippen LogP contribution in [0, 0.1) is 58.2 Å². The second-order valence-corrected chi connectivity index (χ2v) is 11.0. The van der Waals surface area contributed by atoms with Gasteiger partial charge in [-0.3, -0.25) is 19.2 Å². The number of cyclic esters (lactones) is 3. The standard InChI is InChI=1S/C23H26O7/c1-22(6-10-4-12(22)18-16(10)20(27)30-21(18)28)2-3-23(9-24)7-11-5-13(23)17-14(25)8-29-19(26)15(11)17/h9-13,15-18H,2-8H2,1H3. The second kappa shape index (κ2) is 5.80. The second-order valence-electron chi connectivity index (χ2n) is 11.0. The molecule has 0 aromatic rings. The van der Waals surface area contributed by atoms with Crippen LogP contribution in [0.1, 0.15) is 45.4 Å². The number of hydrogen-bond acceptors (Lipinski definition) is 7. The van der Waals surface area contributed by atoms with E-state index in [4.69, 9.17) is 9.47 Å². The number of Topliss-reactive ketones (excluding diaryl/α,β-unsaturated/α-hetero) is 1. The van der Waals surface area contributed by atoms with Crippen LogP contribution in [0.2, 0.25) is 0 Å². The van der Waals surface area contributed by atoms with Crippen LogP contribution in [-0.4, -0.2) is 36.6 Å². The van der Waals surface area contributed by atoms with Gasteiger partial charge in [0.25, 0.3) is 0 Å². The fourth-order valence-electron chi connectivity index (χ4n) is 8.72. The summed E-state index contributed by atoms with van der Waals surface area (Å²) in [7, 11) is 0. The molecule has 2 heterocycles. The molecular weight excluding hydrogens is 388 g/mol. The van der Waals surface area contributed by atoms with Crippen molar-refractivity contribution in [1.82, 2.24) is 0 Å². The lowest BCUT2D eigenvalue weighted by Gasteiger charge is -2.44. The Morgan fingerprint density at radius 2 is 1.53 bits per heavy atom. The summed E-state index contributed by atoms with van der Waals surface area (Å²) in [6, 6.07) is 0. The van der Waals surface area contributed by atoms with Gasteiger partial charge >= 0.3 is 17.9 Å². The zero-order valence-corrected chi connectivity index (χ0v) is 17.0. The zero-order chi connectivity index (χ0) is 21.0. The first kappa shape index (κ1) is 18.7. The van der Waals surface area contributed by atoms with Gasteiger partial charge in [-0.05, 0) is 67.6 Å². The van der Waals surface area contributed by atoms with E-state index in [9.17, 15) is 24.0 Å². The minimum Gasteiger partial charge on any atom is -0.457 e. The van der Waals surface area contributed by atoms with E-state index in [1.54, 1.807) is 0 Å². The molecule has 10 unspecified atom stereocenters. The third kappa shape index (κ3) is 2.14. The summed E-state index contributed by atoms with van der Waals surface area (Å²) in [5, 5.41) is 0. The number of hydrogen-bond donors (Lipinski definition) is 0. The van der Waals surface area contributed by atoms with Gasteiger partial charge in [0.15, 0.2) is 5.78 Å². The molecule has 0 N–H and O–H groups in total. The summed E-state index contributed by atoms with van der Waals surface area (Å²) in [5.41, 5.74) is -0.683. The van der Waals surface area contributed by atoms with Gasteiger partial charge in [-0.2, -0.15) is 0 Å². The van der Waals surface area contributed by atoms with Crippen LogP contribution in [0.4, 0.5) is 0 Å². The Labute approximate surface area is 174 Å². The molecule has 2 aliphatic heterocycles. The molecule has 0 spiro atoms. The molecule has 30 heavy (non-hydrogen) atoms. The van der Waals surface area contributed by atoms with Crippen LogP contribution in [0.5, 0.6) is 0 Å². The first-order chi connectivity index (χ1) is 14.3. The highest BCUT2D eigenvalue weighted by atomic mass is 16.6. The van der Waals surface area contributed by atoms with Gasteiger partial charge < -0.3 is 14.3 Å². The molecule has 6 fully saturated rings. The number of rotatable bonds is 4. The van der Waals surface area contributed by atoms with E-state index < -0.39 is 5.41 Å². The fraction of sp³-hybridized carbons (Fsp3) is 0.783. The van der Waals surface area contributed by atoms with Crippen LogP contribution in [0.25, 0.3) is 0 Å². The number of carbonyl (C=O) groups is 5. The first-order valence-corrected chi connectivity index (χ1v) is 11.2. The van der Waals surface area contributed by atoms with Crippen LogP contribution in [0.3, 0.4) is 0 Å². The average molecular weight is 414 g/mol. The van der Waals surface area contributed by atoms with Gasteiger partial charge in [-0.25, -0.2) is 0 Å². The lowest BCUT2D eigenvalue weighted by atomic mass is 9.58. The fourth-order valence-corrected chi connectivity index (χ4v) is 8.72. The molecule has 4 bridgehead atoms. The van der Waals surface area contributed by atoms with Crippen molar-refractivity contribution in [2.24, 2.45) is 58.2 Å². The Bertz CT molecular complexity index is 894.